The van der Waals surface area contributed by atoms with Crippen molar-refractivity contribution in [3.05, 3.63) is 5.01 Å². The molecule has 2 saturated heterocycles. The number of anilines is 1. The van der Waals surface area contributed by atoms with Crippen LogP contribution in [0.25, 0.3) is 0 Å². The predicted molar refractivity (Wildman–Crippen MR) is 102 cm³/mol. The summed E-state index contributed by atoms with van der Waals surface area (Å²) in [5, 5.41) is 12.9. The number of carbonyl (C=O) groups excluding carboxylic acids is 2. The lowest BCUT2D eigenvalue weighted by atomic mass is 10.0. The van der Waals surface area contributed by atoms with Gasteiger partial charge in [-0.1, -0.05) is 18.3 Å². The molecule has 144 valence electrons. The Kier molecular flexibility index (Phi) is 5.92. The van der Waals surface area contributed by atoms with Gasteiger partial charge in [-0.25, -0.2) is 0 Å². The normalized spacial score (nSPS) is 21.6. The predicted octanol–water partition coefficient (Wildman–Crippen LogP) is 1.83. The van der Waals surface area contributed by atoms with Gasteiger partial charge in [0.25, 0.3) is 0 Å². The zero-order chi connectivity index (χ0) is 18.7. The molecule has 2 fully saturated rings. The molecule has 0 aliphatic carbocycles. The van der Waals surface area contributed by atoms with E-state index in [2.05, 4.69) is 41.2 Å². The fraction of sp³-hybridized carbons (Fsp3) is 0.778. The van der Waals surface area contributed by atoms with Crippen LogP contribution in [-0.2, 0) is 16.0 Å². The molecule has 0 spiro atoms. The van der Waals surface area contributed by atoms with E-state index in [0.29, 0.717) is 18.2 Å². The first-order valence-electron chi connectivity index (χ1n) is 9.56. The van der Waals surface area contributed by atoms with Crippen LogP contribution in [0, 0.1) is 5.92 Å². The van der Waals surface area contributed by atoms with Crippen LogP contribution in [0.4, 0.5) is 5.13 Å². The third-order valence-electron chi connectivity index (χ3n) is 5.30. The lowest BCUT2D eigenvalue weighted by molar-refractivity contribution is -0.126. The molecule has 1 atom stereocenters. The number of hydrogen-bond donors (Lipinski definition) is 1. The number of hydrogen-bond acceptors (Lipinski definition) is 6. The minimum Gasteiger partial charge on any atom is -0.354 e. The van der Waals surface area contributed by atoms with Crippen molar-refractivity contribution in [3.8, 4) is 0 Å². The van der Waals surface area contributed by atoms with E-state index in [4.69, 9.17) is 0 Å². The van der Waals surface area contributed by atoms with Crippen molar-refractivity contribution in [2.45, 2.75) is 58.4 Å². The Morgan fingerprint density at radius 1 is 1.31 bits per heavy atom. The monoisotopic (exact) mass is 379 g/mol. The largest absolute Gasteiger partial charge is 0.354 e. The van der Waals surface area contributed by atoms with E-state index in [1.807, 2.05) is 0 Å². The van der Waals surface area contributed by atoms with Gasteiger partial charge < -0.3 is 5.32 Å². The Hall–Kier alpha value is -1.54. The van der Waals surface area contributed by atoms with Crippen molar-refractivity contribution in [3.63, 3.8) is 0 Å². The van der Waals surface area contributed by atoms with Crippen molar-refractivity contribution in [1.29, 1.82) is 0 Å². The molecule has 3 heterocycles. The molecule has 7 nitrogen and oxygen atoms in total. The number of amides is 2. The van der Waals surface area contributed by atoms with Crippen molar-refractivity contribution in [1.82, 2.24) is 20.4 Å². The average molecular weight is 380 g/mol. The van der Waals surface area contributed by atoms with E-state index in [-0.39, 0.29) is 29.7 Å². The Morgan fingerprint density at radius 2 is 2.04 bits per heavy atom. The van der Waals surface area contributed by atoms with Gasteiger partial charge in [0, 0.05) is 31.5 Å². The zero-order valence-electron chi connectivity index (χ0n) is 16.0. The highest BCUT2D eigenvalue weighted by molar-refractivity contribution is 7.15. The molecule has 1 aromatic heterocycles. The first kappa shape index (κ1) is 19.2. The highest BCUT2D eigenvalue weighted by Crippen LogP contribution is 2.28. The number of nitrogens with one attached hydrogen (secondary N) is 1. The molecular weight excluding hydrogens is 350 g/mol. The van der Waals surface area contributed by atoms with Crippen molar-refractivity contribution < 1.29 is 9.59 Å². The summed E-state index contributed by atoms with van der Waals surface area (Å²) in [4.78, 5) is 29.0. The number of aryl methyl sites for hydroxylation is 1. The lowest BCUT2D eigenvalue weighted by Gasteiger charge is -2.35. The van der Waals surface area contributed by atoms with Gasteiger partial charge in [0.15, 0.2) is 0 Å². The highest BCUT2D eigenvalue weighted by atomic mass is 32.1. The topological polar surface area (TPSA) is 78.4 Å². The van der Waals surface area contributed by atoms with Crippen LogP contribution in [-0.4, -0.2) is 58.6 Å². The third kappa shape index (κ3) is 4.23. The second kappa shape index (κ2) is 8.00. The number of aromatic nitrogens is 2. The van der Waals surface area contributed by atoms with Crippen LogP contribution in [0.3, 0.4) is 0 Å². The minimum atomic E-state index is -0.310. The molecule has 1 aromatic rings. The number of nitrogens with zero attached hydrogens (tertiary/aromatic N) is 4. The molecule has 3 rings (SSSR count). The second-order valence-corrected chi connectivity index (χ2v) is 8.90. The minimum absolute atomic E-state index is 0.0357. The van der Waals surface area contributed by atoms with E-state index < -0.39 is 0 Å². The fourth-order valence-corrected chi connectivity index (χ4v) is 4.59. The first-order chi connectivity index (χ1) is 12.4. The average Bonchev–Trinajstić information content (AvgIpc) is 3.33. The van der Waals surface area contributed by atoms with Crippen molar-refractivity contribution in [2.75, 3.05) is 31.1 Å². The van der Waals surface area contributed by atoms with Crippen LogP contribution >= 0.6 is 11.3 Å². The van der Waals surface area contributed by atoms with Crippen molar-refractivity contribution in [2.24, 2.45) is 5.92 Å². The summed E-state index contributed by atoms with van der Waals surface area (Å²) in [6.45, 7) is 9.62. The maximum Gasteiger partial charge on any atom is 0.229 e. The van der Waals surface area contributed by atoms with Gasteiger partial charge in [0.2, 0.25) is 16.9 Å². The summed E-state index contributed by atoms with van der Waals surface area (Å²) < 4.78 is 0. The summed E-state index contributed by atoms with van der Waals surface area (Å²) in [7, 11) is 0. The SMILES string of the molecule is CCCc1nnc(N2CC(C(=O)NCC(C)(C)N3CCCC3)CC2=O)s1. The van der Waals surface area contributed by atoms with Gasteiger partial charge in [-0.05, 0) is 46.2 Å². The quantitative estimate of drug-likeness (QED) is 0.782. The van der Waals surface area contributed by atoms with Crippen LogP contribution in [0.2, 0.25) is 0 Å². The summed E-state index contributed by atoms with van der Waals surface area (Å²) in [6, 6.07) is 0. The Bertz CT molecular complexity index is 654. The van der Waals surface area contributed by atoms with Crippen LogP contribution in [0.1, 0.15) is 51.5 Å². The molecule has 2 amide bonds. The Balaban J connectivity index is 1.54. The molecule has 1 N–H and O–H groups in total. The smallest absolute Gasteiger partial charge is 0.229 e. The number of carbonyl (C=O) groups is 2. The molecule has 2 aliphatic rings. The molecule has 0 aromatic carbocycles. The highest BCUT2D eigenvalue weighted by Gasteiger charge is 2.37. The maximum atomic E-state index is 12.6. The summed E-state index contributed by atoms with van der Waals surface area (Å²) >= 11 is 1.45. The van der Waals surface area contributed by atoms with Crippen molar-refractivity contribution >= 4 is 28.3 Å². The molecular formula is C18H29N5O2S. The van der Waals surface area contributed by atoms with Gasteiger partial charge in [-0.2, -0.15) is 0 Å². The number of rotatable bonds is 7. The lowest BCUT2D eigenvalue weighted by Crippen LogP contribution is -2.51. The standard InChI is InChI=1S/C18H29N5O2S/c1-4-7-14-20-21-17(26-14)23-11-13(10-15(23)24)16(25)19-12-18(2,3)22-8-5-6-9-22/h13H,4-12H2,1-3H3,(H,19,25). The van der Waals surface area contributed by atoms with Gasteiger partial charge in [-0.3, -0.25) is 19.4 Å². The van der Waals surface area contributed by atoms with Crippen LogP contribution < -0.4 is 10.2 Å². The molecule has 2 aliphatic heterocycles. The second-order valence-electron chi connectivity index (χ2n) is 7.86. The summed E-state index contributed by atoms with van der Waals surface area (Å²) in [6.07, 6.45) is 4.57. The van der Waals surface area contributed by atoms with E-state index in [1.165, 1.54) is 24.2 Å². The zero-order valence-corrected chi connectivity index (χ0v) is 16.8. The maximum absolute atomic E-state index is 12.6. The van der Waals surface area contributed by atoms with Crippen LogP contribution in [0.5, 0.6) is 0 Å². The molecule has 1 unspecified atom stereocenters. The first-order valence-corrected chi connectivity index (χ1v) is 10.4. The van der Waals surface area contributed by atoms with E-state index in [9.17, 15) is 9.59 Å². The molecule has 0 radical (unpaired) electrons. The van der Waals surface area contributed by atoms with Gasteiger partial charge in [-0.15, -0.1) is 10.2 Å². The van der Waals surface area contributed by atoms with E-state index in [0.717, 1.165) is 30.9 Å². The summed E-state index contributed by atoms with van der Waals surface area (Å²) in [5.41, 5.74) is -0.0528. The Labute approximate surface area is 159 Å². The molecule has 0 bridgehead atoms. The molecule has 0 saturated carbocycles. The molecule has 26 heavy (non-hydrogen) atoms. The van der Waals surface area contributed by atoms with Gasteiger partial charge in [0.05, 0.1) is 5.92 Å². The fourth-order valence-electron chi connectivity index (χ4n) is 3.62. The van der Waals surface area contributed by atoms with E-state index >= 15 is 0 Å². The summed E-state index contributed by atoms with van der Waals surface area (Å²) in [5.74, 6) is -0.384. The van der Waals surface area contributed by atoms with E-state index in [1.54, 1.807) is 4.90 Å². The third-order valence-corrected chi connectivity index (χ3v) is 6.31. The number of likely N-dealkylation sites (tertiary alicyclic amines) is 1. The van der Waals surface area contributed by atoms with Gasteiger partial charge >= 0.3 is 0 Å². The molecule has 8 heteroatoms. The van der Waals surface area contributed by atoms with Gasteiger partial charge in [0.1, 0.15) is 5.01 Å². The Morgan fingerprint density at radius 3 is 2.73 bits per heavy atom. The van der Waals surface area contributed by atoms with Crippen LogP contribution in [0.15, 0.2) is 0 Å².